The molecule has 6 aliphatic rings. The number of thiophene rings is 1. The number of nitrogens with zero attached hydrogens (tertiary/aromatic N) is 6. The lowest BCUT2D eigenvalue weighted by atomic mass is 9.86. The first-order chi connectivity index (χ1) is 34.6. The molecule has 332 valence electrons. The monoisotopic (exact) mass is 916 g/mol. The molecular weight excluding hydrogens is 873 g/mol. The number of hydrogen-bond donors (Lipinski definition) is 0. The fourth-order valence-electron chi connectivity index (χ4n) is 13.3. The number of nitriles is 2. The summed E-state index contributed by atoms with van der Waals surface area (Å²) < 4.78 is 6.05. The Kier molecular flexibility index (Phi) is 8.39. The van der Waals surface area contributed by atoms with Crippen molar-refractivity contribution in [1.82, 2.24) is 9.13 Å². The van der Waals surface area contributed by atoms with Crippen LogP contribution >= 0.6 is 11.3 Å². The molecule has 6 aromatic carbocycles. The summed E-state index contributed by atoms with van der Waals surface area (Å²) in [6.45, 7) is 2.18. The normalized spacial score (nSPS) is 19.8. The molecule has 6 nitrogen and oxygen atoms in total. The van der Waals surface area contributed by atoms with Crippen molar-refractivity contribution in [3.05, 3.63) is 219 Å². The Morgan fingerprint density at radius 3 is 1.84 bits per heavy atom. The van der Waals surface area contributed by atoms with Crippen LogP contribution in [-0.4, -0.2) is 15.2 Å². The summed E-state index contributed by atoms with van der Waals surface area (Å²) in [6, 6.07) is 47.4. The quantitative estimate of drug-likeness (QED) is 0.176. The number of para-hydroxylation sites is 3. The molecule has 15 rings (SSSR count). The number of aromatic nitrogens is 2. The van der Waals surface area contributed by atoms with Crippen molar-refractivity contribution in [2.75, 3.05) is 9.80 Å². The highest BCUT2D eigenvalue weighted by Gasteiger charge is 2.48. The number of allylic oxidation sites excluding steroid dienone is 4. The van der Waals surface area contributed by atoms with Gasteiger partial charge in [0.1, 0.15) is 23.3 Å². The van der Waals surface area contributed by atoms with Crippen LogP contribution in [0.3, 0.4) is 0 Å². The zero-order valence-corrected chi connectivity index (χ0v) is 39.3. The maximum atomic E-state index is 12.7. The third-order valence-corrected chi connectivity index (χ3v) is 17.3. The Balaban J connectivity index is 1.18. The molecule has 4 unspecified atom stereocenters. The topological polar surface area (TPSA) is 63.9 Å². The van der Waals surface area contributed by atoms with Crippen LogP contribution in [0, 0.1) is 29.6 Å². The first-order valence-corrected chi connectivity index (χ1v) is 25.4. The fourth-order valence-corrected chi connectivity index (χ4v) is 14.6. The Bertz CT molecular complexity index is 4050. The first kappa shape index (κ1) is 39.6. The molecule has 0 saturated carbocycles. The summed E-state index contributed by atoms with van der Waals surface area (Å²) >= 11 is 1.86. The van der Waals surface area contributed by atoms with Gasteiger partial charge in [0.15, 0.2) is 0 Å². The maximum absolute atomic E-state index is 12.7. The highest BCUT2D eigenvalue weighted by atomic mass is 32.1. The van der Waals surface area contributed by atoms with Crippen LogP contribution < -0.4 is 9.80 Å². The van der Waals surface area contributed by atoms with E-state index in [1.165, 1.54) is 48.3 Å². The number of benzene rings is 6. The van der Waals surface area contributed by atoms with E-state index in [0.29, 0.717) is 11.1 Å². The second kappa shape index (κ2) is 14.8. The molecule has 9 aromatic rings. The number of rotatable bonds is 4. The Labute approximate surface area is 410 Å². The molecule has 3 aromatic heterocycles. The van der Waals surface area contributed by atoms with Crippen LogP contribution in [0.4, 0.5) is 22.7 Å². The SMILES string of the molecule is Cc1ccc2c(c1)C1C=Cc3c(sc4ccccc34)C1N2c1c(C#N)c(-n2c3c(c4ccccc42)C=CCC3)c(N2c3ccccc3C3C=CC=CC32)c(C#N)c1-n1c2c(c3ccccc31)C=CCC2. The van der Waals surface area contributed by atoms with Gasteiger partial charge < -0.3 is 18.9 Å². The van der Waals surface area contributed by atoms with Gasteiger partial charge in [-0.1, -0.05) is 151 Å². The first-order valence-electron chi connectivity index (χ1n) is 24.6. The average Bonchev–Trinajstić information content (AvgIpc) is 4.21. The molecule has 0 N–H and O–H groups in total. The highest BCUT2D eigenvalue weighted by molar-refractivity contribution is 7.19. The van der Waals surface area contributed by atoms with Crippen LogP contribution in [0.25, 0.3) is 61.5 Å². The molecule has 4 atom stereocenters. The van der Waals surface area contributed by atoms with Crippen LogP contribution in [0.1, 0.15) is 91.5 Å². The minimum absolute atomic E-state index is 0.00235. The van der Waals surface area contributed by atoms with Gasteiger partial charge in [0.25, 0.3) is 0 Å². The lowest BCUT2D eigenvalue weighted by Gasteiger charge is -2.38. The van der Waals surface area contributed by atoms with Gasteiger partial charge in [-0.25, -0.2) is 0 Å². The average molecular weight is 917 g/mol. The molecular formula is C63H44N6S. The van der Waals surface area contributed by atoms with Gasteiger partial charge >= 0.3 is 0 Å². The summed E-state index contributed by atoms with van der Waals surface area (Å²) in [6.07, 6.45) is 26.1. The van der Waals surface area contributed by atoms with Crippen molar-refractivity contribution in [2.24, 2.45) is 0 Å². The summed E-state index contributed by atoms with van der Waals surface area (Å²) in [5, 5.41) is 28.9. The molecule has 0 saturated heterocycles. The minimum atomic E-state index is -0.190. The predicted molar refractivity (Wildman–Crippen MR) is 287 cm³/mol. The number of fused-ring (bicyclic) bond motifs is 16. The predicted octanol–water partition coefficient (Wildman–Crippen LogP) is 15.5. The maximum Gasteiger partial charge on any atom is 0.104 e. The second-order valence-electron chi connectivity index (χ2n) is 19.5. The van der Waals surface area contributed by atoms with E-state index >= 15 is 0 Å². The van der Waals surface area contributed by atoms with Gasteiger partial charge in [-0.05, 0) is 79.6 Å². The molecule has 5 heterocycles. The van der Waals surface area contributed by atoms with Crippen molar-refractivity contribution in [3.8, 4) is 23.5 Å². The number of anilines is 4. The van der Waals surface area contributed by atoms with Crippen LogP contribution in [0.5, 0.6) is 0 Å². The van der Waals surface area contributed by atoms with Crippen molar-refractivity contribution >= 4 is 84.2 Å². The molecule has 0 fully saturated rings. The third-order valence-electron chi connectivity index (χ3n) is 16.0. The highest BCUT2D eigenvalue weighted by Crippen LogP contribution is 2.63. The van der Waals surface area contributed by atoms with Crippen LogP contribution in [0.2, 0.25) is 0 Å². The van der Waals surface area contributed by atoms with E-state index in [4.69, 9.17) is 0 Å². The van der Waals surface area contributed by atoms with Crippen molar-refractivity contribution in [1.29, 1.82) is 10.5 Å². The molecule has 0 amide bonds. The van der Waals surface area contributed by atoms with Gasteiger partial charge in [0, 0.05) is 71.5 Å². The van der Waals surface area contributed by atoms with Crippen molar-refractivity contribution in [2.45, 2.75) is 56.5 Å². The second-order valence-corrected chi connectivity index (χ2v) is 20.6. The zero-order valence-electron chi connectivity index (χ0n) is 38.5. The van der Waals surface area contributed by atoms with Gasteiger partial charge in [0.2, 0.25) is 0 Å². The zero-order chi connectivity index (χ0) is 46.4. The van der Waals surface area contributed by atoms with Gasteiger partial charge in [-0.3, -0.25) is 0 Å². The lowest BCUT2D eigenvalue weighted by molar-refractivity contribution is 0.678. The van der Waals surface area contributed by atoms with E-state index in [9.17, 15) is 10.5 Å². The summed E-state index contributed by atoms with van der Waals surface area (Å²) in [5.41, 5.74) is 17.9. The van der Waals surface area contributed by atoms with E-state index in [1.807, 2.05) is 11.3 Å². The molecule has 0 bridgehead atoms. The Hall–Kier alpha value is -8.36. The molecule has 2 aliphatic heterocycles. The van der Waals surface area contributed by atoms with Crippen molar-refractivity contribution in [3.63, 3.8) is 0 Å². The smallest absolute Gasteiger partial charge is 0.104 e. The Morgan fingerprint density at radius 2 is 1.14 bits per heavy atom. The molecule has 0 radical (unpaired) electrons. The Morgan fingerprint density at radius 1 is 0.543 bits per heavy atom. The summed E-state index contributed by atoms with van der Waals surface area (Å²) in [7, 11) is 0. The van der Waals surface area contributed by atoms with E-state index < -0.39 is 0 Å². The summed E-state index contributed by atoms with van der Waals surface area (Å²) in [5.74, 6) is 0.0464. The van der Waals surface area contributed by atoms with Gasteiger partial charge in [0.05, 0.1) is 45.9 Å². The van der Waals surface area contributed by atoms with Gasteiger partial charge in [-0.2, -0.15) is 10.5 Å². The minimum Gasteiger partial charge on any atom is -0.330 e. The fraction of sp³-hybridized carbons (Fsp3) is 0.143. The van der Waals surface area contributed by atoms with Crippen LogP contribution in [-0.2, 0) is 12.8 Å². The molecule has 70 heavy (non-hydrogen) atoms. The van der Waals surface area contributed by atoms with Gasteiger partial charge in [-0.15, -0.1) is 11.3 Å². The van der Waals surface area contributed by atoms with Crippen LogP contribution in [0.15, 0.2) is 158 Å². The molecule has 0 spiro atoms. The lowest BCUT2D eigenvalue weighted by Crippen LogP contribution is -2.32. The number of aryl methyl sites for hydroxylation is 1. The third kappa shape index (κ3) is 5.20. The van der Waals surface area contributed by atoms with E-state index in [2.05, 4.69) is 214 Å². The summed E-state index contributed by atoms with van der Waals surface area (Å²) in [4.78, 5) is 6.21. The van der Waals surface area contributed by atoms with E-state index in [0.717, 1.165) is 93.0 Å². The molecule has 7 heteroatoms. The number of hydrogen-bond acceptors (Lipinski definition) is 5. The molecule has 4 aliphatic carbocycles. The largest absolute Gasteiger partial charge is 0.330 e. The van der Waals surface area contributed by atoms with E-state index in [1.54, 1.807) is 0 Å². The standard InChI is InChI=1S/C63H44N6S/c1-37-30-33-56-47(34-37)45-31-32-46-44-22-8-15-29-57(44)70-63(46)62(45)69(56)61-49(36-65)59(67-52-25-11-4-18-40(52)41-19-5-12-26-53(41)67)58(66-50-23-9-2-16-38(50)39-17-3-10-24-51(39)66)48(35-64)60(61)68-54-27-13-6-20-42(54)43-21-7-14-28-55(43)68/h2-11,13,15-25,27,29-34,38,45,50,62H,12,14,26,28H2,1H3. The van der Waals surface area contributed by atoms with E-state index in [-0.39, 0.29) is 23.9 Å². The van der Waals surface area contributed by atoms with Crippen molar-refractivity contribution < 1.29 is 0 Å².